The molecule has 3 amide bonds. The average Bonchev–Trinajstić information content (AvgIpc) is 2.56. The van der Waals surface area contributed by atoms with E-state index in [0.29, 0.717) is 0 Å². The summed E-state index contributed by atoms with van der Waals surface area (Å²) in [7, 11) is 0. The van der Waals surface area contributed by atoms with E-state index in [1.165, 1.54) is 0 Å². The summed E-state index contributed by atoms with van der Waals surface area (Å²) in [5.41, 5.74) is 5.24. The molecule has 0 aromatic rings. The van der Waals surface area contributed by atoms with E-state index in [1.54, 1.807) is 0 Å². The summed E-state index contributed by atoms with van der Waals surface area (Å²) in [6, 6.07) is -4.90. The highest BCUT2D eigenvalue weighted by Gasteiger charge is 2.30. The molecule has 0 aliphatic carbocycles. The number of nitrogens with two attached hydrogens (primary N) is 1. The zero-order chi connectivity index (χ0) is 21.1. The van der Waals surface area contributed by atoms with Crippen molar-refractivity contribution in [2.75, 3.05) is 13.2 Å². The summed E-state index contributed by atoms with van der Waals surface area (Å²) in [6.45, 7) is -1.63. The van der Waals surface area contributed by atoms with E-state index in [-0.39, 0.29) is 0 Å². The van der Waals surface area contributed by atoms with Gasteiger partial charge in [-0.1, -0.05) is 0 Å². The van der Waals surface area contributed by atoms with Crippen LogP contribution in [-0.4, -0.2) is 87.3 Å². The molecule has 0 rings (SSSR count). The highest BCUT2D eigenvalue weighted by atomic mass is 16.4. The van der Waals surface area contributed by atoms with E-state index in [9.17, 15) is 28.8 Å². The van der Waals surface area contributed by atoms with E-state index in [2.05, 4.69) is 0 Å². The van der Waals surface area contributed by atoms with Crippen molar-refractivity contribution in [1.29, 1.82) is 0 Å². The molecule has 0 aromatic heterocycles. The number of rotatable bonds is 12. The number of hydrogen-bond donors (Lipinski definition) is 8. The molecular weight excluding hydrogens is 372 g/mol. The lowest BCUT2D eigenvalue weighted by molar-refractivity contribution is -0.143. The third-order valence-electron chi connectivity index (χ3n) is 2.97. The molecule has 3 atom stereocenters. The van der Waals surface area contributed by atoms with Crippen molar-refractivity contribution in [2.24, 2.45) is 5.73 Å². The van der Waals surface area contributed by atoms with Crippen molar-refractivity contribution in [2.45, 2.75) is 31.0 Å². The van der Waals surface area contributed by atoms with Crippen LogP contribution in [0.25, 0.3) is 0 Å². The lowest BCUT2D eigenvalue weighted by Gasteiger charge is -2.22. The maximum absolute atomic E-state index is 12.2. The monoisotopic (exact) mass is 392 g/mol. The topological polar surface area (TPSA) is 245 Å². The Hall–Kier alpha value is -3.26. The molecule has 27 heavy (non-hydrogen) atoms. The smallest absolute Gasteiger partial charge is 0.322 e. The second-order valence-electron chi connectivity index (χ2n) is 5.22. The number of hydrogen-bond acceptors (Lipinski definition) is 8. The molecular formula is C13H20N4O10. The van der Waals surface area contributed by atoms with Crippen LogP contribution >= 0.6 is 0 Å². The first-order valence-electron chi connectivity index (χ1n) is 7.38. The molecule has 0 aliphatic rings. The number of amides is 3. The molecule has 0 aliphatic heterocycles. The van der Waals surface area contributed by atoms with Crippen LogP contribution in [0.4, 0.5) is 0 Å². The van der Waals surface area contributed by atoms with Gasteiger partial charge in [-0.15, -0.1) is 0 Å². The van der Waals surface area contributed by atoms with E-state index >= 15 is 0 Å². The molecule has 0 fully saturated rings. The zero-order valence-electron chi connectivity index (χ0n) is 13.9. The third kappa shape index (κ3) is 9.71. The fourth-order valence-electron chi connectivity index (χ4n) is 1.69. The number of carboxylic acids is 3. The first-order valence-corrected chi connectivity index (χ1v) is 7.38. The molecule has 0 aromatic carbocycles. The van der Waals surface area contributed by atoms with Crippen LogP contribution in [0.5, 0.6) is 0 Å². The molecule has 0 heterocycles. The van der Waals surface area contributed by atoms with E-state index in [1.807, 2.05) is 16.0 Å². The van der Waals surface area contributed by atoms with Gasteiger partial charge in [-0.05, 0) is 0 Å². The maximum Gasteiger partial charge on any atom is 0.322 e. The predicted molar refractivity (Wildman–Crippen MR) is 84.1 cm³/mol. The second kappa shape index (κ2) is 11.4. The van der Waals surface area contributed by atoms with Crippen LogP contribution in [0.15, 0.2) is 0 Å². The number of carbonyl (C=O) groups excluding carboxylic acids is 3. The molecule has 3 unspecified atom stereocenters. The zero-order valence-corrected chi connectivity index (χ0v) is 13.9. The molecule has 14 nitrogen and oxygen atoms in total. The van der Waals surface area contributed by atoms with Gasteiger partial charge < -0.3 is 42.1 Å². The Labute approximate surface area is 151 Å². The van der Waals surface area contributed by atoms with Gasteiger partial charge in [0, 0.05) is 0 Å². The number of aliphatic hydroxyl groups excluding tert-OH is 1. The summed E-state index contributed by atoms with van der Waals surface area (Å²) >= 11 is 0. The first-order chi connectivity index (χ1) is 12.5. The van der Waals surface area contributed by atoms with Gasteiger partial charge in [-0.25, -0.2) is 0 Å². The van der Waals surface area contributed by atoms with Crippen LogP contribution in [0.2, 0.25) is 0 Å². The van der Waals surface area contributed by atoms with Gasteiger partial charge in [-0.2, -0.15) is 0 Å². The predicted octanol–water partition coefficient (Wildman–Crippen LogP) is -4.57. The average molecular weight is 392 g/mol. The van der Waals surface area contributed by atoms with Crippen LogP contribution in [0.3, 0.4) is 0 Å². The third-order valence-corrected chi connectivity index (χ3v) is 2.97. The highest BCUT2D eigenvalue weighted by molar-refractivity contribution is 5.96. The van der Waals surface area contributed by atoms with Crippen LogP contribution in [0, 0.1) is 0 Å². The number of carboxylic acid groups (broad SMARTS) is 3. The van der Waals surface area contributed by atoms with E-state index in [4.69, 9.17) is 26.2 Å². The SMILES string of the molecule is NC(CO)C(=O)NC(CC(=O)O)C(=O)NC(CC(=O)O)C(=O)NCC(=O)O. The Morgan fingerprint density at radius 1 is 0.741 bits per heavy atom. The van der Waals surface area contributed by atoms with Crippen molar-refractivity contribution >= 4 is 35.6 Å². The molecule has 0 bridgehead atoms. The van der Waals surface area contributed by atoms with Crippen LogP contribution in [-0.2, 0) is 28.8 Å². The highest BCUT2D eigenvalue weighted by Crippen LogP contribution is 1.99. The van der Waals surface area contributed by atoms with Crippen molar-refractivity contribution in [3.8, 4) is 0 Å². The molecule has 0 saturated heterocycles. The minimum absolute atomic E-state index is 0.785. The maximum atomic E-state index is 12.2. The van der Waals surface area contributed by atoms with Gasteiger partial charge in [0.1, 0.15) is 24.7 Å². The Balaban J connectivity index is 5.24. The van der Waals surface area contributed by atoms with Crippen molar-refractivity contribution in [1.82, 2.24) is 16.0 Å². The van der Waals surface area contributed by atoms with Gasteiger partial charge >= 0.3 is 17.9 Å². The fraction of sp³-hybridized carbons (Fsp3) is 0.538. The summed E-state index contributed by atoms with van der Waals surface area (Å²) in [5.74, 6) is -7.83. The molecule has 14 heteroatoms. The molecule has 9 N–H and O–H groups in total. The van der Waals surface area contributed by atoms with Crippen molar-refractivity contribution in [3.63, 3.8) is 0 Å². The molecule has 0 spiro atoms. The number of nitrogens with one attached hydrogen (secondary N) is 3. The van der Waals surface area contributed by atoms with Gasteiger partial charge in [0.25, 0.3) is 0 Å². The lowest BCUT2D eigenvalue weighted by atomic mass is 10.1. The van der Waals surface area contributed by atoms with Gasteiger partial charge in [0.2, 0.25) is 17.7 Å². The largest absolute Gasteiger partial charge is 0.481 e. The van der Waals surface area contributed by atoms with E-state index < -0.39 is 79.7 Å². The Morgan fingerprint density at radius 3 is 1.59 bits per heavy atom. The van der Waals surface area contributed by atoms with Gasteiger partial charge in [0.05, 0.1) is 19.4 Å². The number of aliphatic hydroxyl groups is 1. The molecule has 0 radical (unpaired) electrons. The second-order valence-corrected chi connectivity index (χ2v) is 5.22. The van der Waals surface area contributed by atoms with E-state index in [0.717, 1.165) is 0 Å². The summed E-state index contributed by atoms with van der Waals surface area (Å²) in [6.07, 6.45) is -1.85. The Morgan fingerprint density at radius 2 is 1.19 bits per heavy atom. The quantitative estimate of drug-likeness (QED) is 0.157. The summed E-state index contributed by atoms with van der Waals surface area (Å²) in [4.78, 5) is 67.8. The van der Waals surface area contributed by atoms with Crippen LogP contribution < -0.4 is 21.7 Å². The Kier molecular flexibility index (Phi) is 10.0. The Bertz CT molecular complexity index is 608. The fourth-order valence-corrected chi connectivity index (χ4v) is 1.69. The lowest BCUT2D eigenvalue weighted by Crippen LogP contribution is -2.57. The molecule has 0 saturated carbocycles. The van der Waals surface area contributed by atoms with Gasteiger partial charge in [-0.3, -0.25) is 28.8 Å². The number of aliphatic carboxylic acids is 3. The summed E-state index contributed by atoms with van der Waals surface area (Å²) in [5, 5.41) is 40.7. The van der Waals surface area contributed by atoms with Crippen LogP contribution in [0.1, 0.15) is 12.8 Å². The minimum atomic E-state index is -1.73. The number of carbonyl (C=O) groups is 6. The van der Waals surface area contributed by atoms with Crippen molar-refractivity contribution in [3.05, 3.63) is 0 Å². The molecule has 152 valence electrons. The van der Waals surface area contributed by atoms with Gasteiger partial charge in [0.15, 0.2) is 0 Å². The normalized spacial score (nSPS) is 13.6. The minimum Gasteiger partial charge on any atom is -0.481 e. The first kappa shape index (κ1) is 23.7. The standard InChI is InChI=1S/C13H20N4O10/c14-5(4-18)11(25)16-7(2-9(21)22)13(27)17-6(1-8(19)20)12(26)15-3-10(23)24/h5-7,18H,1-4,14H2,(H,15,26)(H,16,25)(H,17,27)(H,19,20)(H,21,22)(H,23,24). The summed E-state index contributed by atoms with van der Waals surface area (Å²) < 4.78 is 0. The van der Waals surface area contributed by atoms with Crippen molar-refractivity contribution < 1.29 is 49.2 Å².